The zero-order chi connectivity index (χ0) is 20.2. The third kappa shape index (κ3) is 2.51. The number of benzene rings is 2. The predicted molar refractivity (Wildman–Crippen MR) is 115 cm³/mol. The van der Waals surface area contributed by atoms with Gasteiger partial charge in [-0.05, 0) is 31.0 Å². The van der Waals surface area contributed by atoms with Gasteiger partial charge < -0.3 is 25.7 Å². The van der Waals surface area contributed by atoms with E-state index in [1.165, 1.54) is 0 Å². The smallest absolute Gasteiger partial charge is 0.240 e. The number of anilines is 2. The van der Waals surface area contributed by atoms with Crippen LogP contribution >= 0.6 is 0 Å². The van der Waals surface area contributed by atoms with Crippen molar-refractivity contribution >= 4 is 39.2 Å². The van der Waals surface area contributed by atoms with Gasteiger partial charge in [0.05, 0.1) is 22.3 Å². The number of rotatable bonds is 3. The van der Waals surface area contributed by atoms with E-state index in [9.17, 15) is 4.79 Å². The molecule has 1 saturated heterocycles. The average Bonchev–Trinajstić information content (AvgIpc) is 3.45. The third-order valence-electron chi connectivity index (χ3n) is 6.03. The number of fused-ring (bicyclic) bond motifs is 1. The monoisotopic (exact) mass is 403 g/mol. The zero-order valence-electron chi connectivity index (χ0n) is 16.2. The van der Waals surface area contributed by atoms with Gasteiger partial charge in [-0.3, -0.25) is 4.79 Å². The third-order valence-corrected chi connectivity index (χ3v) is 6.03. The van der Waals surface area contributed by atoms with Crippen LogP contribution in [0.4, 0.5) is 11.4 Å². The number of primary amides is 1. The molecule has 4 aromatic rings. The summed E-state index contributed by atoms with van der Waals surface area (Å²) in [6.07, 6.45) is 1.73. The van der Waals surface area contributed by atoms with Gasteiger partial charge in [0.2, 0.25) is 5.91 Å². The Morgan fingerprint density at radius 1 is 1.20 bits per heavy atom. The summed E-state index contributed by atoms with van der Waals surface area (Å²) in [7, 11) is 0. The van der Waals surface area contributed by atoms with Crippen LogP contribution in [-0.4, -0.2) is 52.0 Å². The fraction of sp³-hybridized carbons (Fsp3) is 0.286. The lowest BCUT2D eigenvalue weighted by Gasteiger charge is -2.25. The topological polar surface area (TPSA) is 125 Å². The molecule has 5 N–H and O–H groups in total. The van der Waals surface area contributed by atoms with Gasteiger partial charge in [-0.1, -0.05) is 6.07 Å². The second-order valence-corrected chi connectivity index (χ2v) is 7.80. The SMILES string of the molecule is NC(=O)[C@@H]1CCCN1c1cc2c3c(c(-c4ccc5n[nH]nc5c4)[nH]c3c1)NCCO2. The van der Waals surface area contributed by atoms with E-state index >= 15 is 0 Å². The van der Waals surface area contributed by atoms with Crippen molar-refractivity contribution in [1.29, 1.82) is 0 Å². The fourth-order valence-corrected chi connectivity index (χ4v) is 4.66. The van der Waals surface area contributed by atoms with Crippen LogP contribution in [0.3, 0.4) is 0 Å². The number of ether oxygens (including phenoxy) is 1. The molecule has 9 heteroatoms. The lowest BCUT2D eigenvalue weighted by molar-refractivity contribution is -0.119. The van der Waals surface area contributed by atoms with Crippen LogP contribution in [0.25, 0.3) is 33.2 Å². The quantitative estimate of drug-likeness (QED) is 0.416. The largest absolute Gasteiger partial charge is 0.491 e. The highest BCUT2D eigenvalue weighted by Crippen LogP contribution is 2.44. The van der Waals surface area contributed by atoms with E-state index in [-0.39, 0.29) is 11.9 Å². The van der Waals surface area contributed by atoms with E-state index < -0.39 is 0 Å². The van der Waals surface area contributed by atoms with Crippen molar-refractivity contribution in [3.8, 4) is 17.0 Å². The Morgan fingerprint density at radius 2 is 2.10 bits per heavy atom. The summed E-state index contributed by atoms with van der Waals surface area (Å²) in [5.74, 6) is 0.525. The van der Waals surface area contributed by atoms with Crippen LogP contribution < -0.4 is 20.7 Å². The Bertz CT molecular complexity index is 1290. The Balaban J connectivity index is 1.53. The van der Waals surface area contributed by atoms with E-state index in [2.05, 4.69) is 36.7 Å². The number of carbonyl (C=O) groups excluding carboxylic acids is 1. The van der Waals surface area contributed by atoms with Crippen LogP contribution in [-0.2, 0) is 4.79 Å². The van der Waals surface area contributed by atoms with Crippen molar-refractivity contribution in [2.24, 2.45) is 5.73 Å². The van der Waals surface area contributed by atoms with Gasteiger partial charge >= 0.3 is 0 Å². The minimum Gasteiger partial charge on any atom is -0.491 e. The highest BCUT2D eigenvalue weighted by atomic mass is 16.5. The molecule has 0 aliphatic carbocycles. The highest BCUT2D eigenvalue weighted by Gasteiger charge is 2.31. The summed E-state index contributed by atoms with van der Waals surface area (Å²) in [6, 6.07) is 9.83. The summed E-state index contributed by atoms with van der Waals surface area (Å²) < 4.78 is 6.07. The molecule has 2 aliphatic heterocycles. The number of H-pyrrole nitrogens is 2. The van der Waals surface area contributed by atoms with Crippen LogP contribution in [0.2, 0.25) is 0 Å². The molecule has 2 aromatic carbocycles. The molecule has 2 aliphatic rings. The molecule has 0 unspecified atom stereocenters. The van der Waals surface area contributed by atoms with E-state index in [1.54, 1.807) is 0 Å². The molecule has 0 saturated carbocycles. The van der Waals surface area contributed by atoms with E-state index in [0.29, 0.717) is 13.2 Å². The van der Waals surface area contributed by atoms with Crippen molar-refractivity contribution in [2.45, 2.75) is 18.9 Å². The van der Waals surface area contributed by atoms with Crippen LogP contribution in [0, 0.1) is 0 Å². The molecule has 30 heavy (non-hydrogen) atoms. The van der Waals surface area contributed by atoms with Gasteiger partial charge in [-0.25, -0.2) is 0 Å². The lowest BCUT2D eigenvalue weighted by Crippen LogP contribution is -2.40. The maximum absolute atomic E-state index is 11.9. The molecule has 0 bridgehead atoms. The first-order valence-electron chi connectivity index (χ1n) is 10.1. The molecular formula is C21H21N7O2. The summed E-state index contributed by atoms with van der Waals surface area (Å²) >= 11 is 0. The van der Waals surface area contributed by atoms with Gasteiger partial charge in [-0.2, -0.15) is 15.4 Å². The Kier molecular flexibility index (Phi) is 3.64. The van der Waals surface area contributed by atoms with Crippen molar-refractivity contribution < 1.29 is 9.53 Å². The number of hydrogen-bond acceptors (Lipinski definition) is 6. The molecule has 152 valence electrons. The fourth-order valence-electron chi connectivity index (χ4n) is 4.66. The summed E-state index contributed by atoms with van der Waals surface area (Å²) in [4.78, 5) is 17.6. The van der Waals surface area contributed by atoms with Gasteiger partial charge in [0.15, 0.2) is 0 Å². The first-order valence-corrected chi connectivity index (χ1v) is 10.1. The van der Waals surface area contributed by atoms with Crippen molar-refractivity contribution in [3.63, 3.8) is 0 Å². The van der Waals surface area contributed by atoms with Crippen LogP contribution in [0.5, 0.6) is 5.75 Å². The molecule has 1 atom stereocenters. The normalized spacial score (nSPS) is 18.4. The van der Waals surface area contributed by atoms with Crippen molar-refractivity contribution in [3.05, 3.63) is 30.3 Å². The van der Waals surface area contributed by atoms with Crippen LogP contribution in [0.1, 0.15) is 12.8 Å². The standard InChI is InChI=1S/C21H21N7O2/c22-21(29)16-2-1-6-28(16)12-9-15-18-17(10-12)30-7-5-23-20(18)19(24-15)11-3-4-13-14(8-11)26-27-25-13/h3-4,8-10,16,23-24H,1-2,5-7H2,(H2,22,29)(H,25,26,27)/t16-/m0/s1. The molecular weight excluding hydrogens is 382 g/mol. The summed E-state index contributed by atoms with van der Waals surface area (Å²) in [5, 5.41) is 15.5. The maximum atomic E-state index is 11.9. The Morgan fingerprint density at radius 3 is 3.00 bits per heavy atom. The van der Waals surface area contributed by atoms with Crippen molar-refractivity contribution in [2.75, 3.05) is 29.9 Å². The molecule has 2 aromatic heterocycles. The average molecular weight is 403 g/mol. The molecule has 6 rings (SSSR count). The van der Waals surface area contributed by atoms with Gasteiger partial charge in [-0.15, -0.1) is 0 Å². The summed E-state index contributed by atoms with van der Waals surface area (Å²) in [6.45, 7) is 2.07. The molecule has 0 radical (unpaired) electrons. The first-order chi connectivity index (χ1) is 14.7. The van der Waals surface area contributed by atoms with Gasteiger partial charge in [0.25, 0.3) is 0 Å². The number of amides is 1. The molecule has 4 heterocycles. The minimum absolute atomic E-state index is 0.276. The second kappa shape index (κ2) is 6.38. The number of carbonyl (C=O) groups is 1. The Hall–Kier alpha value is -3.75. The van der Waals surface area contributed by atoms with E-state index in [1.807, 2.05) is 24.3 Å². The lowest BCUT2D eigenvalue weighted by atomic mass is 10.1. The molecule has 1 amide bonds. The maximum Gasteiger partial charge on any atom is 0.240 e. The number of nitrogens with two attached hydrogens (primary N) is 1. The zero-order valence-corrected chi connectivity index (χ0v) is 16.2. The van der Waals surface area contributed by atoms with Gasteiger partial charge in [0, 0.05) is 30.4 Å². The molecule has 9 nitrogen and oxygen atoms in total. The van der Waals surface area contributed by atoms with E-state index in [4.69, 9.17) is 10.5 Å². The molecule has 1 fully saturated rings. The van der Waals surface area contributed by atoms with Gasteiger partial charge in [0.1, 0.15) is 29.4 Å². The van der Waals surface area contributed by atoms with Crippen LogP contribution in [0.15, 0.2) is 30.3 Å². The highest BCUT2D eigenvalue weighted by molar-refractivity contribution is 6.07. The number of nitrogens with one attached hydrogen (secondary N) is 3. The second-order valence-electron chi connectivity index (χ2n) is 7.80. The Labute approximate surface area is 171 Å². The van der Waals surface area contributed by atoms with E-state index in [0.717, 1.165) is 69.7 Å². The predicted octanol–water partition coefficient (Wildman–Crippen LogP) is 2.36. The van der Waals surface area contributed by atoms with Crippen molar-refractivity contribution in [1.82, 2.24) is 20.4 Å². The first kappa shape index (κ1) is 17.1. The number of nitrogens with zero attached hydrogens (tertiary/aromatic N) is 3. The summed E-state index contributed by atoms with van der Waals surface area (Å²) in [5.41, 5.74) is 12.2. The number of hydrogen-bond donors (Lipinski definition) is 4. The minimum atomic E-state index is -0.283. The molecule has 0 spiro atoms. The number of aromatic nitrogens is 4. The number of aromatic amines is 2.